The molecule has 0 spiro atoms. The van der Waals surface area contributed by atoms with Crippen LogP contribution in [0.3, 0.4) is 0 Å². The van der Waals surface area contributed by atoms with Crippen LogP contribution in [0.4, 0.5) is 11.4 Å². The number of nitrogens with two attached hydrogens (primary N) is 1. The van der Waals surface area contributed by atoms with Gasteiger partial charge in [0.2, 0.25) is 0 Å². The van der Waals surface area contributed by atoms with E-state index in [0.29, 0.717) is 11.7 Å². The molecule has 0 amide bonds. The first-order valence-electron chi connectivity index (χ1n) is 6.76. The Bertz CT molecular complexity index is 641. The van der Waals surface area contributed by atoms with E-state index in [4.69, 9.17) is 10.5 Å². The van der Waals surface area contributed by atoms with E-state index < -0.39 is 0 Å². The van der Waals surface area contributed by atoms with Crippen molar-refractivity contribution in [2.24, 2.45) is 0 Å². The Hall–Kier alpha value is -1.33. The summed E-state index contributed by atoms with van der Waals surface area (Å²) in [5, 5.41) is 1.07. The van der Waals surface area contributed by atoms with Crippen molar-refractivity contribution >= 4 is 38.2 Å². The van der Waals surface area contributed by atoms with E-state index in [9.17, 15) is 0 Å². The summed E-state index contributed by atoms with van der Waals surface area (Å²) in [5.74, 6) is 0. The summed E-state index contributed by atoms with van der Waals surface area (Å²) in [7, 11) is 2.09. The third kappa shape index (κ3) is 2.25. The Morgan fingerprint density at radius 1 is 1.45 bits per heavy atom. The second-order valence-electron chi connectivity index (χ2n) is 5.27. The fourth-order valence-corrected chi connectivity index (χ4v) is 3.32. The van der Waals surface area contributed by atoms with E-state index in [2.05, 4.69) is 45.9 Å². The summed E-state index contributed by atoms with van der Waals surface area (Å²) in [6.45, 7) is 2.92. The van der Waals surface area contributed by atoms with Gasteiger partial charge >= 0.3 is 0 Å². The minimum absolute atomic E-state index is 0.217. The Balaban J connectivity index is 2.13. The third-order valence-corrected chi connectivity index (χ3v) is 4.51. The van der Waals surface area contributed by atoms with Gasteiger partial charge in [-0.3, -0.25) is 4.98 Å². The van der Waals surface area contributed by atoms with E-state index in [1.807, 2.05) is 12.1 Å². The number of hydrogen-bond donors (Lipinski definition) is 1. The molecule has 1 aromatic heterocycles. The molecule has 1 saturated heterocycles. The van der Waals surface area contributed by atoms with Crippen LogP contribution in [0.1, 0.15) is 13.3 Å². The van der Waals surface area contributed by atoms with Gasteiger partial charge in [-0.2, -0.15) is 0 Å². The van der Waals surface area contributed by atoms with E-state index in [-0.39, 0.29) is 6.10 Å². The molecule has 20 heavy (non-hydrogen) atoms. The molecule has 106 valence electrons. The molecule has 5 heteroatoms. The molecular formula is C15H18BrN3O. The zero-order chi connectivity index (χ0) is 14.3. The van der Waals surface area contributed by atoms with Crippen molar-refractivity contribution in [1.29, 1.82) is 0 Å². The van der Waals surface area contributed by atoms with Gasteiger partial charge in [-0.15, -0.1) is 0 Å². The number of halogens is 1. The Morgan fingerprint density at radius 2 is 2.25 bits per heavy atom. The van der Waals surface area contributed by atoms with Crippen molar-refractivity contribution in [3.63, 3.8) is 0 Å². The normalized spacial score (nSPS) is 22.4. The van der Waals surface area contributed by atoms with Crippen LogP contribution in [-0.2, 0) is 4.74 Å². The van der Waals surface area contributed by atoms with Gasteiger partial charge in [0.1, 0.15) is 0 Å². The molecule has 1 aromatic carbocycles. The lowest BCUT2D eigenvalue weighted by Crippen LogP contribution is -2.37. The van der Waals surface area contributed by atoms with Gasteiger partial charge in [-0.1, -0.05) is 15.9 Å². The van der Waals surface area contributed by atoms with E-state index in [1.165, 1.54) is 0 Å². The summed E-state index contributed by atoms with van der Waals surface area (Å²) in [6.07, 6.45) is 2.98. The van der Waals surface area contributed by atoms with E-state index in [0.717, 1.165) is 34.1 Å². The van der Waals surface area contributed by atoms with Gasteiger partial charge in [0.25, 0.3) is 0 Å². The molecule has 2 aromatic rings. The van der Waals surface area contributed by atoms with Crippen LogP contribution in [0.5, 0.6) is 0 Å². The average Bonchev–Trinajstić information content (AvgIpc) is 2.84. The number of fused-ring (bicyclic) bond motifs is 1. The number of aromatic nitrogens is 1. The lowest BCUT2D eigenvalue weighted by Gasteiger charge is -2.30. The van der Waals surface area contributed by atoms with Gasteiger partial charge in [-0.25, -0.2) is 0 Å². The zero-order valence-corrected chi connectivity index (χ0v) is 13.2. The van der Waals surface area contributed by atoms with Crippen molar-refractivity contribution in [2.75, 3.05) is 24.3 Å². The standard InChI is InChI=1S/C15H18BrN3O/c1-9-14(5-6-20-9)19(2)15-11-7-10(16)3-4-13(11)18-8-12(15)17/h3-4,7-9,14H,5-6,17H2,1-2H3. The molecule has 1 aliphatic heterocycles. The van der Waals surface area contributed by atoms with Gasteiger partial charge < -0.3 is 15.4 Å². The maximum absolute atomic E-state index is 6.19. The number of ether oxygens (including phenoxy) is 1. The van der Waals surface area contributed by atoms with Gasteiger partial charge in [-0.05, 0) is 31.5 Å². The average molecular weight is 336 g/mol. The van der Waals surface area contributed by atoms with Gasteiger partial charge in [0, 0.05) is 23.5 Å². The van der Waals surface area contributed by atoms with Crippen LogP contribution >= 0.6 is 15.9 Å². The maximum Gasteiger partial charge on any atom is 0.0750 e. The lowest BCUT2D eigenvalue weighted by atomic mass is 10.1. The number of nitrogens with zero attached hydrogens (tertiary/aromatic N) is 2. The van der Waals surface area contributed by atoms with Crippen molar-refractivity contribution < 1.29 is 4.74 Å². The predicted octanol–water partition coefficient (Wildman–Crippen LogP) is 3.19. The number of nitrogen functional groups attached to an aromatic ring is 1. The largest absolute Gasteiger partial charge is 0.396 e. The minimum Gasteiger partial charge on any atom is -0.396 e. The molecule has 1 fully saturated rings. The number of likely N-dealkylation sites (N-methyl/N-ethyl adjacent to an activating group) is 1. The molecule has 2 N–H and O–H groups in total. The molecule has 0 radical (unpaired) electrons. The summed E-state index contributed by atoms with van der Waals surface area (Å²) in [5.41, 5.74) is 8.89. The Kier molecular flexibility index (Phi) is 3.56. The molecule has 2 unspecified atom stereocenters. The quantitative estimate of drug-likeness (QED) is 0.915. The number of hydrogen-bond acceptors (Lipinski definition) is 4. The summed E-state index contributed by atoms with van der Waals surface area (Å²) < 4.78 is 6.71. The van der Waals surface area contributed by atoms with Crippen molar-refractivity contribution in [1.82, 2.24) is 4.98 Å². The first-order chi connectivity index (χ1) is 9.58. The molecule has 0 saturated carbocycles. The molecule has 1 aliphatic rings. The highest BCUT2D eigenvalue weighted by Gasteiger charge is 2.29. The molecule has 4 nitrogen and oxygen atoms in total. The zero-order valence-electron chi connectivity index (χ0n) is 11.6. The topological polar surface area (TPSA) is 51.4 Å². The first-order valence-corrected chi connectivity index (χ1v) is 7.55. The van der Waals surface area contributed by atoms with Crippen LogP contribution in [0.25, 0.3) is 10.9 Å². The monoisotopic (exact) mass is 335 g/mol. The molecular weight excluding hydrogens is 318 g/mol. The summed E-state index contributed by atoms with van der Waals surface area (Å²) in [4.78, 5) is 6.65. The van der Waals surface area contributed by atoms with E-state index in [1.54, 1.807) is 6.20 Å². The summed E-state index contributed by atoms with van der Waals surface area (Å²) >= 11 is 3.52. The van der Waals surface area contributed by atoms with Gasteiger partial charge in [0.05, 0.1) is 35.2 Å². The van der Waals surface area contributed by atoms with Crippen molar-refractivity contribution in [2.45, 2.75) is 25.5 Å². The van der Waals surface area contributed by atoms with Crippen molar-refractivity contribution in [3.05, 3.63) is 28.9 Å². The highest BCUT2D eigenvalue weighted by atomic mass is 79.9. The molecule has 2 heterocycles. The Morgan fingerprint density at radius 3 is 2.95 bits per heavy atom. The smallest absolute Gasteiger partial charge is 0.0750 e. The molecule has 0 bridgehead atoms. The predicted molar refractivity (Wildman–Crippen MR) is 86.1 cm³/mol. The minimum atomic E-state index is 0.217. The van der Waals surface area contributed by atoms with Crippen LogP contribution < -0.4 is 10.6 Å². The fourth-order valence-electron chi connectivity index (χ4n) is 2.95. The molecule has 0 aliphatic carbocycles. The number of pyridine rings is 1. The van der Waals surface area contributed by atoms with Crippen molar-refractivity contribution in [3.8, 4) is 0 Å². The molecule has 2 atom stereocenters. The van der Waals surface area contributed by atoms with Crippen LogP contribution in [0, 0.1) is 0 Å². The SMILES string of the molecule is CC1OCCC1N(C)c1c(N)cnc2ccc(Br)cc12. The fraction of sp³-hybridized carbons (Fsp3) is 0.400. The van der Waals surface area contributed by atoms with Gasteiger partial charge in [0.15, 0.2) is 0 Å². The van der Waals surface area contributed by atoms with E-state index >= 15 is 0 Å². The number of benzene rings is 1. The highest BCUT2D eigenvalue weighted by molar-refractivity contribution is 9.10. The third-order valence-electron chi connectivity index (χ3n) is 4.02. The first kappa shape index (κ1) is 13.6. The molecule has 3 rings (SSSR count). The Labute approximate surface area is 127 Å². The number of rotatable bonds is 2. The maximum atomic E-state index is 6.19. The second kappa shape index (κ2) is 5.22. The highest BCUT2D eigenvalue weighted by Crippen LogP contribution is 2.35. The van der Waals surface area contributed by atoms with Crippen LogP contribution in [-0.4, -0.2) is 30.8 Å². The van der Waals surface area contributed by atoms with Crippen LogP contribution in [0.2, 0.25) is 0 Å². The summed E-state index contributed by atoms with van der Waals surface area (Å²) in [6, 6.07) is 6.42. The number of anilines is 2. The second-order valence-corrected chi connectivity index (χ2v) is 6.18. The lowest BCUT2D eigenvalue weighted by molar-refractivity contribution is 0.118. The van der Waals surface area contributed by atoms with Crippen LogP contribution in [0.15, 0.2) is 28.9 Å².